The molecule has 102 valence electrons. The van der Waals surface area contributed by atoms with Gasteiger partial charge in [0.25, 0.3) is 0 Å². The molecule has 19 heavy (non-hydrogen) atoms. The Morgan fingerprint density at radius 2 is 1.95 bits per heavy atom. The van der Waals surface area contributed by atoms with Crippen LogP contribution in [0.1, 0.15) is 30.6 Å². The van der Waals surface area contributed by atoms with Gasteiger partial charge in [-0.2, -0.15) is 0 Å². The third-order valence-electron chi connectivity index (χ3n) is 3.36. The summed E-state index contributed by atoms with van der Waals surface area (Å²) in [6.45, 7) is 2.90. The molecule has 2 aromatic rings. The fourth-order valence-electron chi connectivity index (χ4n) is 2.08. The van der Waals surface area contributed by atoms with Crippen molar-refractivity contribution in [3.8, 4) is 5.75 Å². The van der Waals surface area contributed by atoms with E-state index >= 15 is 0 Å². The summed E-state index contributed by atoms with van der Waals surface area (Å²) in [6, 6.07) is 10.1. The van der Waals surface area contributed by atoms with Crippen LogP contribution in [0.15, 0.2) is 42.7 Å². The molecule has 0 aliphatic heterocycles. The average molecular weight is 259 g/mol. The third-order valence-corrected chi connectivity index (χ3v) is 3.36. The third kappa shape index (κ3) is 3.61. The lowest BCUT2D eigenvalue weighted by Gasteiger charge is -2.06. The molecule has 1 aromatic carbocycles. The van der Waals surface area contributed by atoms with Crippen molar-refractivity contribution in [2.75, 3.05) is 7.11 Å². The first-order chi connectivity index (χ1) is 9.22. The molecule has 0 saturated heterocycles. The molecule has 1 heterocycles. The second-order valence-corrected chi connectivity index (χ2v) is 4.70. The first-order valence-electron chi connectivity index (χ1n) is 6.69. The molecule has 0 saturated carbocycles. The van der Waals surface area contributed by atoms with Crippen molar-refractivity contribution in [2.24, 2.45) is 0 Å². The van der Waals surface area contributed by atoms with Crippen molar-refractivity contribution in [1.29, 1.82) is 0 Å². The van der Waals surface area contributed by atoms with E-state index in [-0.39, 0.29) is 6.10 Å². The van der Waals surface area contributed by atoms with Crippen LogP contribution in [0.2, 0.25) is 0 Å². The molecular weight excluding hydrogens is 238 g/mol. The zero-order chi connectivity index (χ0) is 13.7. The fourth-order valence-corrected chi connectivity index (χ4v) is 2.08. The molecule has 0 spiro atoms. The number of aryl methyl sites for hydroxylation is 2. The lowest BCUT2D eigenvalue weighted by molar-refractivity contribution is 0.173. The van der Waals surface area contributed by atoms with Crippen LogP contribution in [0.4, 0.5) is 0 Å². The molecule has 0 bridgehead atoms. The Kier molecular flexibility index (Phi) is 4.63. The Hall–Kier alpha value is -1.74. The predicted molar refractivity (Wildman–Crippen MR) is 76.4 cm³/mol. The van der Waals surface area contributed by atoms with Crippen molar-refractivity contribution in [1.82, 2.24) is 4.57 Å². The van der Waals surface area contributed by atoms with E-state index in [1.54, 1.807) is 7.11 Å². The number of aliphatic hydroxyl groups is 1. The summed E-state index contributed by atoms with van der Waals surface area (Å²) < 4.78 is 7.26. The number of benzene rings is 1. The highest BCUT2D eigenvalue weighted by atomic mass is 16.5. The summed E-state index contributed by atoms with van der Waals surface area (Å²) in [4.78, 5) is 0. The SMILES string of the molecule is CCC(O)c1ccn(CCc2ccc(OC)cc2)c1. The molecule has 2 rings (SSSR count). The Morgan fingerprint density at radius 1 is 1.21 bits per heavy atom. The van der Waals surface area contributed by atoms with Gasteiger partial charge in [0, 0.05) is 18.9 Å². The topological polar surface area (TPSA) is 34.4 Å². The van der Waals surface area contributed by atoms with E-state index in [2.05, 4.69) is 16.7 Å². The van der Waals surface area contributed by atoms with Crippen LogP contribution in [-0.4, -0.2) is 16.8 Å². The van der Waals surface area contributed by atoms with Gasteiger partial charge in [-0.1, -0.05) is 19.1 Å². The average Bonchev–Trinajstić information content (AvgIpc) is 2.93. The summed E-state index contributed by atoms with van der Waals surface area (Å²) in [5, 5.41) is 9.76. The summed E-state index contributed by atoms with van der Waals surface area (Å²) >= 11 is 0. The number of hydrogen-bond acceptors (Lipinski definition) is 2. The van der Waals surface area contributed by atoms with E-state index in [1.807, 2.05) is 37.5 Å². The van der Waals surface area contributed by atoms with E-state index < -0.39 is 0 Å². The van der Waals surface area contributed by atoms with Gasteiger partial charge in [0.2, 0.25) is 0 Å². The Balaban J connectivity index is 1.92. The van der Waals surface area contributed by atoms with Crippen molar-refractivity contribution >= 4 is 0 Å². The van der Waals surface area contributed by atoms with E-state index in [0.29, 0.717) is 0 Å². The lowest BCUT2D eigenvalue weighted by Crippen LogP contribution is -1.99. The van der Waals surface area contributed by atoms with Gasteiger partial charge in [-0.15, -0.1) is 0 Å². The molecule has 0 radical (unpaired) electrons. The molecule has 1 unspecified atom stereocenters. The van der Waals surface area contributed by atoms with Crippen LogP contribution in [0.5, 0.6) is 5.75 Å². The van der Waals surface area contributed by atoms with E-state index in [4.69, 9.17) is 4.74 Å². The van der Waals surface area contributed by atoms with Crippen LogP contribution in [0.25, 0.3) is 0 Å². The standard InChI is InChI=1S/C16H21NO2/c1-3-16(18)14-9-11-17(12-14)10-8-13-4-6-15(19-2)7-5-13/h4-7,9,11-12,16,18H,3,8,10H2,1-2H3. The van der Waals surface area contributed by atoms with Gasteiger partial charge < -0.3 is 14.4 Å². The van der Waals surface area contributed by atoms with Crippen molar-refractivity contribution in [3.05, 3.63) is 53.9 Å². The molecule has 0 amide bonds. The van der Waals surface area contributed by atoms with Gasteiger partial charge >= 0.3 is 0 Å². The zero-order valence-corrected chi connectivity index (χ0v) is 11.5. The van der Waals surface area contributed by atoms with Crippen molar-refractivity contribution in [2.45, 2.75) is 32.4 Å². The summed E-state index contributed by atoms with van der Waals surface area (Å²) in [6.07, 6.45) is 5.43. The minimum Gasteiger partial charge on any atom is -0.497 e. The number of rotatable bonds is 6. The van der Waals surface area contributed by atoms with E-state index in [0.717, 1.165) is 30.7 Å². The molecule has 1 atom stereocenters. The lowest BCUT2D eigenvalue weighted by atomic mass is 10.1. The Bertz CT molecular complexity index is 502. The van der Waals surface area contributed by atoms with Crippen LogP contribution in [0.3, 0.4) is 0 Å². The summed E-state index contributed by atoms with van der Waals surface area (Å²) in [7, 11) is 1.68. The first-order valence-corrected chi connectivity index (χ1v) is 6.69. The number of hydrogen-bond donors (Lipinski definition) is 1. The van der Waals surface area contributed by atoms with Crippen molar-refractivity contribution in [3.63, 3.8) is 0 Å². The number of methoxy groups -OCH3 is 1. The van der Waals surface area contributed by atoms with Crippen molar-refractivity contribution < 1.29 is 9.84 Å². The molecule has 3 nitrogen and oxygen atoms in total. The number of nitrogens with zero attached hydrogens (tertiary/aromatic N) is 1. The number of ether oxygens (including phenoxy) is 1. The highest BCUT2D eigenvalue weighted by Gasteiger charge is 2.06. The Labute approximate surface area is 114 Å². The predicted octanol–water partition coefficient (Wildman–Crippen LogP) is 3.18. The number of aromatic nitrogens is 1. The first kappa shape index (κ1) is 13.7. The highest BCUT2D eigenvalue weighted by molar-refractivity contribution is 5.27. The maximum Gasteiger partial charge on any atom is 0.118 e. The minimum atomic E-state index is -0.345. The minimum absolute atomic E-state index is 0.345. The van der Waals surface area contributed by atoms with Crippen LogP contribution < -0.4 is 4.74 Å². The highest BCUT2D eigenvalue weighted by Crippen LogP contribution is 2.17. The van der Waals surface area contributed by atoms with E-state index in [1.165, 1.54) is 5.56 Å². The second-order valence-electron chi connectivity index (χ2n) is 4.70. The molecule has 0 aliphatic rings. The van der Waals surface area contributed by atoms with E-state index in [9.17, 15) is 5.11 Å². The molecular formula is C16H21NO2. The van der Waals surface area contributed by atoms with Gasteiger partial charge in [-0.3, -0.25) is 0 Å². The largest absolute Gasteiger partial charge is 0.497 e. The maximum atomic E-state index is 9.76. The smallest absolute Gasteiger partial charge is 0.118 e. The molecule has 0 fully saturated rings. The fraction of sp³-hybridized carbons (Fsp3) is 0.375. The van der Waals surface area contributed by atoms with Gasteiger partial charge in [0.15, 0.2) is 0 Å². The molecule has 0 aliphatic carbocycles. The number of aliphatic hydroxyl groups excluding tert-OH is 1. The normalized spacial score (nSPS) is 12.4. The van der Waals surface area contributed by atoms with Gasteiger partial charge in [-0.05, 0) is 42.2 Å². The van der Waals surface area contributed by atoms with Gasteiger partial charge in [-0.25, -0.2) is 0 Å². The summed E-state index contributed by atoms with van der Waals surface area (Å²) in [5.41, 5.74) is 2.28. The molecule has 1 N–H and O–H groups in total. The molecule has 1 aromatic heterocycles. The van der Waals surface area contributed by atoms with Gasteiger partial charge in [0.1, 0.15) is 5.75 Å². The summed E-state index contributed by atoms with van der Waals surface area (Å²) in [5.74, 6) is 0.887. The van der Waals surface area contributed by atoms with Crippen LogP contribution in [-0.2, 0) is 13.0 Å². The second kappa shape index (κ2) is 6.43. The van der Waals surface area contributed by atoms with Crippen LogP contribution >= 0.6 is 0 Å². The maximum absolute atomic E-state index is 9.76. The van der Waals surface area contributed by atoms with Crippen LogP contribution in [0, 0.1) is 0 Å². The molecule has 3 heteroatoms. The monoisotopic (exact) mass is 259 g/mol. The Morgan fingerprint density at radius 3 is 2.58 bits per heavy atom. The quantitative estimate of drug-likeness (QED) is 0.864. The zero-order valence-electron chi connectivity index (χ0n) is 11.5. The van der Waals surface area contributed by atoms with Gasteiger partial charge in [0.05, 0.1) is 13.2 Å².